The molecule has 0 radical (unpaired) electrons. The van der Waals surface area contributed by atoms with Gasteiger partial charge in [-0.25, -0.2) is 4.98 Å². The van der Waals surface area contributed by atoms with Crippen molar-refractivity contribution in [1.82, 2.24) is 9.55 Å². The van der Waals surface area contributed by atoms with E-state index in [-0.39, 0.29) is 0 Å². The highest BCUT2D eigenvalue weighted by molar-refractivity contribution is 5.28. The smallest absolute Gasteiger partial charge is 0.203 e. The Morgan fingerprint density at radius 2 is 2.17 bits per heavy atom. The Labute approximate surface area is 111 Å². The Bertz CT molecular complexity index is 370. The third-order valence-electron chi connectivity index (χ3n) is 4.15. The summed E-state index contributed by atoms with van der Waals surface area (Å²) in [6.07, 6.45) is 8.94. The third-order valence-corrected chi connectivity index (χ3v) is 4.15. The van der Waals surface area contributed by atoms with Gasteiger partial charge in [-0.3, -0.25) is 0 Å². The lowest BCUT2D eigenvalue weighted by molar-refractivity contribution is 0.229. The molecular weight excluding hydrogens is 222 g/mol. The van der Waals surface area contributed by atoms with Crippen molar-refractivity contribution in [1.29, 1.82) is 0 Å². The molecule has 18 heavy (non-hydrogen) atoms. The zero-order valence-corrected chi connectivity index (χ0v) is 12.1. The van der Waals surface area contributed by atoms with Crippen LogP contribution in [0.25, 0.3) is 0 Å². The third kappa shape index (κ3) is 3.27. The highest BCUT2D eigenvalue weighted by atomic mass is 15.2. The van der Waals surface area contributed by atoms with E-state index in [2.05, 4.69) is 41.8 Å². The van der Waals surface area contributed by atoms with Gasteiger partial charge in [0.1, 0.15) is 0 Å². The van der Waals surface area contributed by atoms with E-state index in [0.29, 0.717) is 0 Å². The van der Waals surface area contributed by atoms with Crippen molar-refractivity contribution in [2.45, 2.75) is 59.4 Å². The number of aryl methyl sites for hydroxylation is 1. The largest absolute Gasteiger partial charge is 0.356 e. The first-order chi connectivity index (χ1) is 8.70. The number of nitrogens with zero attached hydrogens (tertiary/aromatic N) is 2. The van der Waals surface area contributed by atoms with Gasteiger partial charge < -0.3 is 9.88 Å². The molecule has 1 fully saturated rings. The van der Waals surface area contributed by atoms with Crippen LogP contribution in [0.4, 0.5) is 5.95 Å². The summed E-state index contributed by atoms with van der Waals surface area (Å²) in [5.74, 6) is 2.75. The van der Waals surface area contributed by atoms with Crippen molar-refractivity contribution >= 4 is 5.95 Å². The van der Waals surface area contributed by atoms with Crippen LogP contribution >= 0.6 is 0 Å². The van der Waals surface area contributed by atoms with Gasteiger partial charge in [-0.15, -0.1) is 0 Å². The molecular formula is C15H27N3. The SMILES string of the molecule is CCCNc1nc(C)cn1CC1CCCCC1C. The summed E-state index contributed by atoms with van der Waals surface area (Å²) in [7, 11) is 0. The van der Waals surface area contributed by atoms with Gasteiger partial charge in [0.05, 0.1) is 5.69 Å². The molecule has 2 unspecified atom stereocenters. The van der Waals surface area contributed by atoms with Crippen LogP contribution in [0.5, 0.6) is 0 Å². The van der Waals surface area contributed by atoms with Gasteiger partial charge in [-0.05, 0) is 31.6 Å². The summed E-state index contributed by atoms with van der Waals surface area (Å²) in [6, 6.07) is 0. The van der Waals surface area contributed by atoms with Crippen LogP contribution in [0, 0.1) is 18.8 Å². The van der Waals surface area contributed by atoms with Crippen molar-refractivity contribution in [2.75, 3.05) is 11.9 Å². The van der Waals surface area contributed by atoms with E-state index >= 15 is 0 Å². The van der Waals surface area contributed by atoms with Gasteiger partial charge in [-0.2, -0.15) is 0 Å². The Morgan fingerprint density at radius 1 is 1.39 bits per heavy atom. The maximum atomic E-state index is 4.59. The van der Waals surface area contributed by atoms with E-state index in [0.717, 1.165) is 43.0 Å². The number of hydrogen-bond acceptors (Lipinski definition) is 2. The number of aromatic nitrogens is 2. The van der Waals surface area contributed by atoms with Crippen molar-refractivity contribution in [3.63, 3.8) is 0 Å². The average molecular weight is 249 g/mol. The number of nitrogens with one attached hydrogen (secondary N) is 1. The molecule has 3 nitrogen and oxygen atoms in total. The summed E-state index contributed by atoms with van der Waals surface area (Å²) in [5, 5.41) is 3.44. The fourth-order valence-corrected chi connectivity index (χ4v) is 2.98. The van der Waals surface area contributed by atoms with E-state index in [4.69, 9.17) is 0 Å². The van der Waals surface area contributed by atoms with Gasteiger partial charge in [0, 0.05) is 19.3 Å². The topological polar surface area (TPSA) is 29.9 Å². The van der Waals surface area contributed by atoms with Gasteiger partial charge in [-0.1, -0.05) is 33.1 Å². The van der Waals surface area contributed by atoms with E-state index in [1.165, 1.54) is 25.7 Å². The summed E-state index contributed by atoms with van der Waals surface area (Å²) >= 11 is 0. The van der Waals surface area contributed by atoms with Crippen LogP contribution in [0.15, 0.2) is 6.20 Å². The zero-order valence-electron chi connectivity index (χ0n) is 12.1. The molecule has 3 heteroatoms. The van der Waals surface area contributed by atoms with Gasteiger partial charge >= 0.3 is 0 Å². The van der Waals surface area contributed by atoms with E-state index in [1.807, 2.05) is 0 Å². The maximum absolute atomic E-state index is 4.59. The molecule has 1 aromatic heterocycles. The lowest BCUT2D eigenvalue weighted by Gasteiger charge is -2.29. The van der Waals surface area contributed by atoms with E-state index in [1.54, 1.807) is 0 Å². The molecule has 102 valence electrons. The summed E-state index contributed by atoms with van der Waals surface area (Å²) in [5.41, 5.74) is 1.12. The molecule has 0 aromatic carbocycles. The second kappa shape index (κ2) is 6.26. The molecule has 1 N–H and O–H groups in total. The van der Waals surface area contributed by atoms with Gasteiger partial charge in [0.25, 0.3) is 0 Å². The number of hydrogen-bond donors (Lipinski definition) is 1. The van der Waals surface area contributed by atoms with Crippen molar-refractivity contribution in [2.24, 2.45) is 11.8 Å². The van der Waals surface area contributed by atoms with Crippen LogP contribution in [-0.2, 0) is 6.54 Å². The van der Waals surface area contributed by atoms with E-state index in [9.17, 15) is 0 Å². The second-order valence-corrected chi connectivity index (χ2v) is 5.81. The molecule has 1 aliphatic carbocycles. The number of imidazole rings is 1. The first kappa shape index (κ1) is 13.4. The molecule has 0 aliphatic heterocycles. The Kier molecular flexibility index (Phi) is 4.67. The summed E-state index contributed by atoms with van der Waals surface area (Å²) < 4.78 is 2.33. The van der Waals surface area contributed by atoms with Crippen LogP contribution in [0.2, 0.25) is 0 Å². The minimum atomic E-state index is 0.828. The van der Waals surface area contributed by atoms with Gasteiger partial charge in [0.2, 0.25) is 5.95 Å². The molecule has 0 amide bonds. The first-order valence-corrected chi connectivity index (χ1v) is 7.48. The average Bonchev–Trinajstić information content (AvgIpc) is 2.70. The first-order valence-electron chi connectivity index (χ1n) is 7.48. The van der Waals surface area contributed by atoms with Crippen molar-refractivity contribution in [3.8, 4) is 0 Å². The molecule has 0 saturated heterocycles. The quantitative estimate of drug-likeness (QED) is 0.859. The lowest BCUT2D eigenvalue weighted by Crippen LogP contribution is -2.22. The van der Waals surface area contributed by atoms with Crippen LogP contribution < -0.4 is 5.32 Å². The minimum absolute atomic E-state index is 0.828. The molecule has 1 heterocycles. The molecule has 1 saturated carbocycles. The molecule has 0 spiro atoms. The van der Waals surface area contributed by atoms with Crippen molar-refractivity contribution in [3.05, 3.63) is 11.9 Å². The van der Waals surface area contributed by atoms with E-state index < -0.39 is 0 Å². The molecule has 1 aromatic rings. The lowest BCUT2D eigenvalue weighted by atomic mass is 9.80. The van der Waals surface area contributed by atoms with Crippen LogP contribution in [-0.4, -0.2) is 16.1 Å². The van der Waals surface area contributed by atoms with Gasteiger partial charge in [0.15, 0.2) is 0 Å². The Hall–Kier alpha value is -0.990. The molecule has 1 aliphatic rings. The summed E-state index contributed by atoms with van der Waals surface area (Å²) in [4.78, 5) is 4.59. The predicted molar refractivity (Wildman–Crippen MR) is 76.9 cm³/mol. The Balaban J connectivity index is 2.02. The Morgan fingerprint density at radius 3 is 2.89 bits per heavy atom. The van der Waals surface area contributed by atoms with Crippen LogP contribution in [0.1, 0.15) is 51.6 Å². The second-order valence-electron chi connectivity index (χ2n) is 5.81. The minimum Gasteiger partial charge on any atom is -0.356 e. The fourth-order valence-electron chi connectivity index (χ4n) is 2.98. The highest BCUT2D eigenvalue weighted by Gasteiger charge is 2.22. The zero-order chi connectivity index (χ0) is 13.0. The number of anilines is 1. The molecule has 2 atom stereocenters. The van der Waals surface area contributed by atoms with Crippen molar-refractivity contribution < 1.29 is 0 Å². The predicted octanol–water partition coefficient (Wildman–Crippen LogP) is 3.84. The molecule has 2 rings (SSSR count). The maximum Gasteiger partial charge on any atom is 0.203 e. The fraction of sp³-hybridized carbons (Fsp3) is 0.800. The molecule has 0 bridgehead atoms. The highest BCUT2D eigenvalue weighted by Crippen LogP contribution is 2.31. The standard InChI is InChI=1S/C15H27N3/c1-4-9-16-15-17-13(3)10-18(15)11-14-8-6-5-7-12(14)2/h10,12,14H,4-9,11H2,1-3H3,(H,16,17). The van der Waals surface area contributed by atoms with Crippen LogP contribution in [0.3, 0.4) is 0 Å². The summed E-state index contributed by atoms with van der Waals surface area (Å²) in [6.45, 7) is 8.83. The normalized spacial score (nSPS) is 24.2. The monoisotopic (exact) mass is 249 g/mol. The number of rotatable bonds is 5.